The fourth-order valence-electron chi connectivity index (χ4n) is 6.58. The summed E-state index contributed by atoms with van der Waals surface area (Å²) in [7, 11) is 3.55. The first-order valence-corrected chi connectivity index (χ1v) is 14.2. The van der Waals surface area contributed by atoms with E-state index in [4.69, 9.17) is 0 Å². The molecule has 3 aliphatic rings. The molecule has 1 N–H and O–H groups in total. The van der Waals surface area contributed by atoms with Crippen molar-refractivity contribution in [1.82, 2.24) is 19.3 Å². The smallest absolute Gasteiger partial charge is 0.271 e. The maximum absolute atomic E-state index is 13.8. The number of anilines is 1. The molecule has 3 aromatic rings. The Morgan fingerprint density at radius 1 is 0.925 bits per heavy atom. The number of hydrogen-bond acceptors (Lipinski definition) is 4. The van der Waals surface area contributed by atoms with Crippen molar-refractivity contribution < 1.29 is 14.4 Å². The van der Waals surface area contributed by atoms with E-state index in [0.29, 0.717) is 18.7 Å². The van der Waals surface area contributed by atoms with Gasteiger partial charge < -0.3 is 19.7 Å². The number of carbonyl (C=O) groups is 3. The van der Waals surface area contributed by atoms with Crippen molar-refractivity contribution in [2.75, 3.05) is 32.5 Å². The van der Waals surface area contributed by atoms with E-state index < -0.39 is 0 Å². The molecule has 1 saturated carbocycles. The third-order valence-corrected chi connectivity index (χ3v) is 8.80. The number of benzene rings is 2. The summed E-state index contributed by atoms with van der Waals surface area (Å²) in [6, 6.07) is 18.1. The van der Waals surface area contributed by atoms with Crippen LogP contribution in [0.5, 0.6) is 0 Å². The van der Waals surface area contributed by atoms with Crippen LogP contribution in [0.1, 0.15) is 69.4 Å². The largest absolute Gasteiger partial charge is 0.345 e. The number of fused-ring (bicyclic) bond motifs is 4. The fourth-order valence-corrected chi connectivity index (χ4v) is 6.58. The van der Waals surface area contributed by atoms with Crippen LogP contribution in [0.25, 0.3) is 0 Å². The van der Waals surface area contributed by atoms with E-state index in [1.54, 1.807) is 19.0 Å². The molecule has 1 fully saturated rings. The number of aromatic nitrogens is 1. The Hall–Kier alpha value is -3.91. The van der Waals surface area contributed by atoms with Gasteiger partial charge in [0.2, 0.25) is 5.91 Å². The van der Waals surface area contributed by atoms with Gasteiger partial charge in [-0.05, 0) is 72.7 Å². The molecule has 40 heavy (non-hydrogen) atoms. The molecule has 208 valence electrons. The number of nitrogens with one attached hydrogen (secondary N) is 1. The summed E-state index contributed by atoms with van der Waals surface area (Å²) in [6.07, 6.45) is 4.26. The molecule has 1 aliphatic carbocycles. The summed E-state index contributed by atoms with van der Waals surface area (Å²) in [5, 5.41) is 2.79. The van der Waals surface area contributed by atoms with E-state index in [0.717, 1.165) is 55.8 Å². The Kier molecular flexibility index (Phi) is 6.74. The van der Waals surface area contributed by atoms with Crippen molar-refractivity contribution in [3.05, 3.63) is 88.2 Å². The maximum atomic E-state index is 13.8. The lowest BCUT2D eigenvalue weighted by atomic mass is 9.71. The monoisotopic (exact) mass is 539 g/mol. The zero-order valence-electron chi connectivity index (χ0n) is 23.6. The molecule has 3 heterocycles. The van der Waals surface area contributed by atoms with Crippen LogP contribution in [0.15, 0.2) is 54.6 Å². The van der Waals surface area contributed by atoms with E-state index in [1.807, 2.05) is 41.3 Å². The fraction of sp³-hybridized carbons (Fsp3) is 0.406. The highest BCUT2D eigenvalue weighted by molar-refractivity contribution is 5.96. The van der Waals surface area contributed by atoms with E-state index in [-0.39, 0.29) is 23.3 Å². The van der Waals surface area contributed by atoms with Gasteiger partial charge >= 0.3 is 0 Å². The number of amides is 3. The van der Waals surface area contributed by atoms with Crippen molar-refractivity contribution in [2.45, 2.75) is 57.8 Å². The average Bonchev–Trinajstić information content (AvgIpc) is 3.29. The van der Waals surface area contributed by atoms with Gasteiger partial charge in [0, 0.05) is 70.7 Å². The molecule has 8 nitrogen and oxygen atoms in total. The predicted octanol–water partition coefficient (Wildman–Crippen LogP) is 4.24. The highest BCUT2D eigenvalue weighted by Gasteiger charge is 2.49. The zero-order chi connectivity index (χ0) is 28.0. The Morgan fingerprint density at radius 3 is 2.23 bits per heavy atom. The van der Waals surface area contributed by atoms with Crippen LogP contribution < -0.4 is 5.32 Å². The van der Waals surface area contributed by atoms with Crippen LogP contribution in [-0.2, 0) is 36.4 Å². The number of hydrogen-bond donors (Lipinski definition) is 1. The molecule has 1 spiro atoms. The van der Waals surface area contributed by atoms with Gasteiger partial charge in [0.15, 0.2) is 0 Å². The summed E-state index contributed by atoms with van der Waals surface area (Å²) in [5.74, 6) is 0.0355. The van der Waals surface area contributed by atoms with E-state index in [2.05, 4.69) is 33.0 Å². The van der Waals surface area contributed by atoms with E-state index in [1.165, 1.54) is 30.2 Å². The van der Waals surface area contributed by atoms with Crippen molar-refractivity contribution in [3.63, 3.8) is 0 Å². The summed E-state index contributed by atoms with van der Waals surface area (Å²) in [6.45, 7) is 5.29. The minimum atomic E-state index is -0.0957. The Morgan fingerprint density at radius 2 is 1.60 bits per heavy atom. The quantitative estimate of drug-likeness (QED) is 0.508. The number of carbonyl (C=O) groups excluding carboxylic acids is 3. The molecule has 0 unspecified atom stereocenters. The molecule has 0 atom stereocenters. The molecular formula is C32H37N5O3. The summed E-state index contributed by atoms with van der Waals surface area (Å²) in [5.41, 5.74) is 7.04. The predicted molar refractivity (Wildman–Crippen MR) is 154 cm³/mol. The molecule has 0 bridgehead atoms. The Balaban J connectivity index is 1.21. The second-order valence-corrected chi connectivity index (χ2v) is 11.6. The molecular weight excluding hydrogens is 502 g/mol. The summed E-state index contributed by atoms with van der Waals surface area (Å²) >= 11 is 0. The lowest BCUT2D eigenvalue weighted by Gasteiger charge is -2.53. The third-order valence-electron chi connectivity index (χ3n) is 8.80. The van der Waals surface area contributed by atoms with Crippen molar-refractivity contribution in [1.29, 1.82) is 0 Å². The van der Waals surface area contributed by atoms with Crippen molar-refractivity contribution >= 4 is 23.4 Å². The highest BCUT2D eigenvalue weighted by atomic mass is 16.2. The summed E-state index contributed by atoms with van der Waals surface area (Å²) < 4.78 is 2.32. The second-order valence-electron chi connectivity index (χ2n) is 11.6. The van der Waals surface area contributed by atoms with E-state index in [9.17, 15) is 14.4 Å². The van der Waals surface area contributed by atoms with Crippen LogP contribution in [0.4, 0.5) is 5.69 Å². The molecule has 2 aliphatic heterocycles. The topological polar surface area (TPSA) is 77.9 Å². The minimum absolute atomic E-state index is 0.0177. The molecule has 3 amide bonds. The van der Waals surface area contributed by atoms with Gasteiger partial charge in [0.1, 0.15) is 5.69 Å². The van der Waals surface area contributed by atoms with Crippen molar-refractivity contribution in [3.8, 4) is 0 Å². The van der Waals surface area contributed by atoms with Crippen molar-refractivity contribution in [2.24, 2.45) is 0 Å². The lowest BCUT2D eigenvalue weighted by Crippen LogP contribution is -2.56. The standard InChI is InChI=1S/C32H37N5O3/c1-22(38)33-27-11-7-23(8-12-27)20-35-16-13-26-19-28-32(14-4-15-32)36(17-18-37(28)29(26)31(35)40)21-24-5-9-25(10-6-24)30(39)34(2)3/h5-12,19H,4,13-18,20-21H2,1-3H3,(H,33,38). The average molecular weight is 540 g/mol. The normalized spacial score (nSPS) is 17.7. The van der Waals surface area contributed by atoms with Crippen LogP contribution in [0.3, 0.4) is 0 Å². The Labute approximate surface area is 235 Å². The molecule has 8 heteroatoms. The SMILES string of the molecule is CC(=O)Nc1ccc(CN2CCc3cc4n(c3C2=O)CCN(Cc2ccc(C(=O)N(C)C)cc2)C42CCC2)cc1. The summed E-state index contributed by atoms with van der Waals surface area (Å²) in [4.78, 5) is 43.6. The zero-order valence-corrected chi connectivity index (χ0v) is 23.6. The first-order chi connectivity index (χ1) is 19.2. The van der Waals surface area contributed by atoms with Gasteiger partial charge in [-0.25, -0.2) is 0 Å². The van der Waals surface area contributed by atoms with Crippen LogP contribution >= 0.6 is 0 Å². The molecule has 0 radical (unpaired) electrons. The van der Waals surface area contributed by atoms with Crippen LogP contribution in [0.2, 0.25) is 0 Å². The number of nitrogens with zero attached hydrogens (tertiary/aromatic N) is 4. The van der Waals surface area contributed by atoms with Gasteiger partial charge in [0.05, 0.1) is 5.54 Å². The first-order valence-electron chi connectivity index (χ1n) is 14.2. The molecule has 1 aromatic heterocycles. The molecule has 2 aromatic carbocycles. The van der Waals surface area contributed by atoms with Gasteiger partial charge in [-0.15, -0.1) is 0 Å². The first kappa shape index (κ1) is 26.3. The maximum Gasteiger partial charge on any atom is 0.271 e. The van der Waals surface area contributed by atoms with Gasteiger partial charge in [-0.1, -0.05) is 24.3 Å². The Bertz CT molecular complexity index is 1450. The van der Waals surface area contributed by atoms with Crippen LogP contribution in [0, 0.1) is 0 Å². The number of rotatable bonds is 6. The van der Waals surface area contributed by atoms with Gasteiger partial charge in [-0.2, -0.15) is 0 Å². The second kappa shape index (κ2) is 10.2. The van der Waals surface area contributed by atoms with Gasteiger partial charge in [-0.3, -0.25) is 19.3 Å². The molecule has 6 rings (SSSR count). The highest BCUT2D eigenvalue weighted by Crippen LogP contribution is 2.50. The lowest BCUT2D eigenvalue weighted by molar-refractivity contribution is -0.114. The third kappa shape index (κ3) is 4.60. The van der Waals surface area contributed by atoms with Gasteiger partial charge in [0.25, 0.3) is 11.8 Å². The van der Waals surface area contributed by atoms with E-state index >= 15 is 0 Å². The molecule has 0 saturated heterocycles. The van der Waals surface area contributed by atoms with Crippen LogP contribution in [-0.4, -0.2) is 64.2 Å². The minimum Gasteiger partial charge on any atom is -0.345 e.